The summed E-state index contributed by atoms with van der Waals surface area (Å²) in [7, 11) is 0. The van der Waals surface area contributed by atoms with E-state index in [2.05, 4.69) is 37.5 Å². The molecule has 2 unspecified atom stereocenters. The zero-order valence-corrected chi connectivity index (χ0v) is 44.4. The Morgan fingerprint density at radius 2 is 0.785 bits per heavy atom. The van der Waals surface area contributed by atoms with E-state index in [1.165, 1.54) is 206 Å². The van der Waals surface area contributed by atoms with Gasteiger partial charge in [-0.2, -0.15) is 0 Å². The summed E-state index contributed by atoms with van der Waals surface area (Å²) in [6.07, 6.45) is 49.5. The summed E-state index contributed by atoms with van der Waals surface area (Å²) in [4.78, 5) is 31.3. The largest absolute Gasteiger partial charge is 0.465 e. The maximum absolute atomic E-state index is 12.9. The van der Waals surface area contributed by atoms with Crippen molar-refractivity contribution < 1.29 is 24.2 Å². The first kappa shape index (κ1) is 61.8. The van der Waals surface area contributed by atoms with Gasteiger partial charge in [0.2, 0.25) is 0 Å². The lowest BCUT2D eigenvalue weighted by molar-refractivity contribution is -0.146. The van der Waals surface area contributed by atoms with Gasteiger partial charge in [0.25, 0.3) is 0 Å². The minimum Gasteiger partial charge on any atom is -0.465 e. The average molecular weight is 920 g/mol. The van der Waals surface area contributed by atoms with Crippen molar-refractivity contribution >= 4 is 11.9 Å². The van der Waals surface area contributed by atoms with Gasteiger partial charge in [0, 0.05) is 38.6 Å². The summed E-state index contributed by atoms with van der Waals surface area (Å²) < 4.78 is 11.9. The van der Waals surface area contributed by atoms with Gasteiger partial charge in [-0.1, -0.05) is 201 Å². The third-order valence-electron chi connectivity index (χ3n) is 14.7. The maximum Gasteiger partial charge on any atom is 0.305 e. The number of aliphatic hydroxyl groups excluding tert-OH is 1. The summed E-state index contributed by atoms with van der Waals surface area (Å²) in [6.45, 7) is 16.3. The number of aliphatic hydroxyl groups is 1. The van der Waals surface area contributed by atoms with Gasteiger partial charge < -0.3 is 19.5 Å². The second-order valence-electron chi connectivity index (χ2n) is 20.8. The molecule has 65 heavy (non-hydrogen) atoms. The molecular formula is C58H114N2O5. The van der Waals surface area contributed by atoms with E-state index in [4.69, 9.17) is 14.6 Å². The molecule has 0 heterocycles. The van der Waals surface area contributed by atoms with Gasteiger partial charge in [0.15, 0.2) is 0 Å². The van der Waals surface area contributed by atoms with Crippen molar-refractivity contribution in [2.24, 2.45) is 11.8 Å². The zero-order chi connectivity index (χ0) is 47.1. The lowest BCUT2D eigenvalue weighted by atomic mass is 9.91. The van der Waals surface area contributed by atoms with Crippen molar-refractivity contribution in [3.05, 3.63) is 0 Å². The van der Waals surface area contributed by atoms with Crippen molar-refractivity contribution in [3.63, 3.8) is 0 Å². The van der Waals surface area contributed by atoms with Crippen LogP contribution in [0.25, 0.3) is 0 Å². The SMILES string of the molecule is CCCCCCCCC(CCCCCC)COC(=O)CCCCCN(CCCCCC(=O)OCC(CCCCCC)CCCCCCCC)CCN(CCCCCCCCO)C1CCC1. The summed E-state index contributed by atoms with van der Waals surface area (Å²) in [6, 6.07) is 0.756. The van der Waals surface area contributed by atoms with E-state index in [1.54, 1.807) is 0 Å². The van der Waals surface area contributed by atoms with Crippen molar-refractivity contribution in [3.8, 4) is 0 Å². The van der Waals surface area contributed by atoms with Crippen LogP contribution in [0.1, 0.15) is 291 Å². The lowest BCUT2D eigenvalue weighted by Crippen LogP contribution is -2.45. The second-order valence-corrected chi connectivity index (χ2v) is 20.8. The van der Waals surface area contributed by atoms with Crippen LogP contribution in [0.3, 0.4) is 0 Å². The third-order valence-corrected chi connectivity index (χ3v) is 14.7. The Balaban J connectivity index is 2.61. The molecule has 0 bridgehead atoms. The molecule has 1 saturated carbocycles. The highest BCUT2D eigenvalue weighted by Gasteiger charge is 2.25. The summed E-state index contributed by atoms with van der Waals surface area (Å²) in [5.41, 5.74) is 0. The highest BCUT2D eigenvalue weighted by Crippen LogP contribution is 2.26. The first-order valence-corrected chi connectivity index (χ1v) is 29.4. The average Bonchev–Trinajstić information content (AvgIpc) is 3.29. The molecule has 1 N–H and O–H groups in total. The predicted octanol–water partition coefficient (Wildman–Crippen LogP) is 16.4. The molecule has 0 spiro atoms. The molecule has 2 atom stereocenters. The van der Waals surface area contributed by atoms with E-state index in [9.17, 15) is 9.59 Å². The molecule has 0 aromatic rings. The Hall–Kier alpha value is -1.18. The molecule has 1 aliphatic rings. The van der Waals surface area contributed by atoms with Crippen LogP contribution < -0.4 is 0 Å². The Kier molecular flexibility index (Phi) is 45.5. The number of hydrogen-bond donors (Lipinski definition) is 1. The Labute approximate surface area is 405 Å². The van der Waals surface area contributed by atoms with Crippen LogP contribution in [0.15, 0.2) is 0 Å². The molecule has 386 valence electrons. The van der Waals surface area contributed by atoms with Crippen LogP contribution in [0, 0.1) is 11.8 Å². The van der Waals surface area contributed by atoms with E-state index in [1.807, 2.05) is 0 Å². The minimum atomic E-state index is 0.00623. The van der Waals surface area contributed by atoms with Crippen LogP contribution in [0.4, 0.5) is 0 Å². The molecule has 0 aliphatic heterocycles. The third kappa shape index (κ3) is 39.4. The van der Waals surface area contributed by atoms with Gasteiger partial charge in [0.1, 0.15) is 0 Å². The van der Waals surface area contributed by atoms with E-state index in [-0.39, 0.29) is 11.9 Å². The Bertz CT molecular complexity index is 949. The molecular weight excluding hydrogens is 805 g/mol. The number of esters is 2. The molecule has 0 aromatic carbocycles. The standard InChI is InChI=1S/C58H114N2O5/c1-5-9-13-17-21-29-40-54(38-27-15-11-7-3)52-64-57(62)44-31-25-33-46-59(49-50-60(56-42-37-43-56)48-35-23-19-20-24-36-51-61)47-34-26-32-45-58(63)65-53-55(39-28-16-12-8-4)41-30-22-18-14-10-6-2/h54-56,61H,5-53H2,1-4H3. The molecule has 1 fully saturated rings. The minimum absolute atomic E-state index is 0.00623. The molecule has 0 aromatic heterocycles. The Morgan fingerprint density at radius 3 is 1.18 bits per heavy atom. The van der Waals surface area contributed by atoms with Crippen molar-refractivity contribution in [2.75, 3.05) is 52.5 Å². The van der Waals surface area contributed by atoms with Gasteiger partial charge in [-0.3, -0.25) is 14.5 Å². The second kappa shape index (κ2) is 47.9. The number of ether oxygens (including phenoxy) is 2. The van der Waals surface area contributed by atoms with E-state index < -0.39 is 0 Å². The van der Waals surface area contributed by atoms with Crippen LogP contribution in [-0.4, -0.2) is 85.4 Å². The predicted molar refractivity (Wildman–Crippen MR) is 280 cm³/mol. The fraction of sp³-hybridized carbons (Fsp3) is 0.966. The molecule has 0 saturated heterocycles. The normalized spacial score (nSPS) is 14.0. The van der Waals surface area contributed by atoms with Crippen molar-refractivity contribution in [1.29, 1.82) is 0 Å². The number of nitrogens with zero attached hydrogens (tertiary/aromatic N) is 2. The van der Waals surface area contributed by atoms with Crippen molar-refractivity contribution in [1.82, 2.24) is 9.80 Å². The van der Waals surface area contributed by atoms with Gasteiger partial charge in [-0.05, 0) is 109 Å². The molecule has 1 rings (SSSR count). The van der Waals surface area contributed by atoms with Crippen LogP contribution in [0.2, 0.25) is 0 Å². The first-order valence-electron chi connectivity index (χ1n) is 29.4. The fourth-order valence-electron chi connectivity index (χ4n) is 9.87. The van der Waals surface area contributed by atoms with Gasteiger partial charge >= 0.3 is 11.9 Å². The van der Waals surface area contributed by atoms with Crippen LogP contribution >= 0.6 is 0 Å². The van der Waals surface area contributed by atoms with E-state index in [0.717, 1.165) is 83.6 Å². The zero-order valence-electron chi connectivity index (χ0n) is 44.4. The number of carbonyl (C=O) groups is 2. The molecule has 7 heteroatoms. The highest BCUT2D eigenvalue weighted by molar-refractivity contribution is 5.69. The van der Waals surface area contributed by atoms with Gasteiger partial charge in [-0.25, -0.2) is 0 Å². The van der Waals surface area contributed by atoms with E-state index >= 15 is 0 Å². The summed E-state index contributed by atoms with van der Waals surface area (Å²) in [5.74, 6) is 1.06. The van der Waals surface area contributed by atoms with Crippen molar-refractivity contribution in [2.45, 2.75) is 297 Å². The summed E-state index contributed by atoms with van der Waals surface area (Å²) >= 11 is 0. The number of unbranched alkanes of at least 4 members (excludes halogenated alkanes) is 25. The molecule has 7 nitrogen and oxygen atoms in total. The van der Waals surface area contributed by atoms with Crippen LogP contribution in [-0.2, 0) is 19.1 Å². The lowest BCUT2D eigenvalue weighted by Gasteiger charge is -2.39. The smallest absolute Gasteiger partial charge is 0.305 e. The maximum atomic E-state index is 12.9. The highest BCUT2D eigenvalue weighted by atomic mass is 16.5. The number of hydrogen-bond acceptors (Lipinski definition) is 7. The Morgan fingerprint density at radius 1 is 0.431 bits per heavy atom. The monoisotopic (exact) mass is 919 g/mol. The molecule has 0 radical (unpaired) electrons. The number of rotatable bonds is 52. The van der Waals surface area contributed by atoms with Crippen LogP contribution in [0.5, 0.6) is 0 Å². The molecule has 1 aliphatic carbocycles. The fourth-order valence-corrected chi connectivity index (χ4v) is 9.87. The van der Waals surface area contributed by atoms with Gasteiger partial charge in [-0.15, -0.1) is 0 Å². The number of carbonyl (C=O) groups excluding carboxylic acids is 2. The topological polar surface area (TPSA) is 79.3 Å². The van der Waals surface area contributed by atoms with Gasteiger partial charge in [0.05, 0.1) is 13.2 Å². The quantitative estimate of drug-likeness (QED) is 0.0481. The molecule has 0 amide bonds. The first-order chi connectivity index (χ1) is 32.0. The van der Waals surface area contributed by atoms with E-state index in [0.29, 0.717) is 44.5 Å². The summed E-state index contributed by atoms with van der Waals surface area (Å²) in [5, 5.41) is 9.13.